The minimum atomic E-state index is 0.687. The van der Waals surface area contributed by atoms with Crippen LogP contribution in [0.5, 0.6) is 0 Å². The van der Waals surface area contributed by atoms with E-state index in [1.165, 1.54) is 42.9 Å². The van der Waals surface area contributed by atoms with Crippen LogP contribution in [0.15, 0.2) is 0 Å². The Morgan fingerprint density at radius 1 is 1.37 bits per heavy atom. The highest BCUT2D eigenvalue weighted by atomic mass is 16.5. The van der Waals surface area contributed by atoms with Gasteiger partial charge >= 0.3 is 0 Å². The average Bonchev–Trinajstić information content (AvgIpc) is 3.06. The van der Waals surface area contributed by atoms with Gasteiger partial charge in [0.1, 0.15) is 5.82 Å². The number of hydrogen-bond donors (Lipinski definition) is 1. The third-order valence-electron chi connectivity index (χ3n) is 4.40. The fourth-order valence-electron chi connectivity index (χ4n) is 3.44. The molecule has 1 saturated carbocycles. The van der Waals surface area contributed by atoms with E-state index in [4.69, 9.17) is 9.72 Å². The molecule has 1 N–H and O–H groups in total. The molecule has 0 amide bonds. The normalized spacial score (nSPS) is 19.8. The maximum absolute atomic E-state index is 5.55. The number of nitrogens with zero attached hydrogens (tertiary/aromatic N) is 2. The van der Waals surface area contributed by atoms with Gasteiger partial charge in [-0.25, -0.2) is 4.98 Å². The van der Waals surface area contributed by atoms with Gasteiger partial charge in [0.05, 0.1) is 12.3 Å². The molecule has 0 saturated heterocycles. The number of aromatic nitrogens is 2. The van der Waals surface area contributed by atoms with Crippen LogP contribution >= 0.6 is 0 Å². The van der Waals surface area contributed by atoms with Crippen molar-refractivity contribution in [2.24, 2.45) is 0 Å². The molecule has 3 rings (SSSR count). The minimum Gasteiger partial charge on any atom is -0.380 e. The van der Waals surface area contributed by atoms with Crippen molar-refractivity contribution >= 4 is 0 Å². The van der Waals surface area contributed by atoms with Crippen molar-refractivity contribution in [3.8, 4) is 0 Å². The lowest BCUT2D eigenvalue weighted by molar-refractivity contribution is 0.137. The first-order chi connectivity index (χ1) is 9.40. The van der Waals surface area contributed by atoms with Crippen LogP contribution in [-0.4, -0.2) is 29.3 Å². The monoisotopic (exact) mass is 263 g/mol. The number of rotatable bonds is 5. The van der Waals surface area contributed by atoms with Crippen LogP contribution in [-0.2, 0) is 24.2 Å². The third kappa shape index (κ3) is 2.70. The topological polar surface area (TPSA) is 39.1 Å². The molecule has 2 aliphatic rings. The molecule has 0 bridgehead atoms. The molecule has 4 nitrogen and oxygen atoms in total. The summed E-state index contributed by atoms with van der Waals surface area (Å²) in [5, 5.41) is 3.43. The number of ether oxygens (including phenoxy) is 1. The van der Waals surface area contributed by atoms with Gasteiger partial charge in [0.15, 0.2) is 0 Å². The first-order valence-electron chi connectivity index (χ1n) is 7.76. The van der Waals surface area contributed by atoms with Crippen LogP contribution in [0, 0.1) is 0 Å². The smallest absolute Gasteiger partial charge is 0.112 e. The van der Waals surface area contributed by atoms with Crippen LogP contribution in [0.3, 0.4) is 0 Å². The van der Waals surface area contributed by atoms with E-state index in [9.17, 15) is 0 Å². The Kier molecular flexibility index (Phi) is 4.18. The standard InChI is InChI=1S/C15H25N3O/c1-2-19-10-9-18-14-7-8-16-11-13(14)17-15(18)12-5-3-4-6-12/h12,16H,2-11H2,1H3. The van der Waals surface area contributed by atoms with E-state index in [1.54, 1.807) is 0 Å². The predicted molar refractivity (Wildman–Crippen MR) is 75.3 cm³/mol. The lowest BCUT2D eigenvalue weighted by Gasteiger charge is -2.17. The molecule has 1 aromatic rings. The van der Waals surface area contributed by atoms with Gasteiger partial charge in [-0.3, -0.25) is 0 Å². The molecule has 4 heteroatoms. The zero-order valence-corrected chi connectivity index (χ0v) is 12.0. The van der Waals surface area contributed by atoms with Gasteiger partial charge in [0, 0.05) is 44.3 Å². The number of nitrogens with one attached hydrogen (secondary N) is 1. The van der Waals surface area contributed by atoms with Crippen molar-refractivity contribution in [3.63, 3.8) is 0 Å². The lowest BCUT2D eigenvalue weighted by Crippen LogP contribution is -2.25. The summed E-state index contributed by atoms with van der Waals surface area (Å²) in [6.07, 6.45) is 6.48. The Bertz CT molecular complexity index is 421. The van der Waals surface area contributed by atoms with E-state index in [-0.39, 0.29) is 0 Å². The minimum absolute atomic E-state index is 0.687. The number of hydrogen-bond acceptors (Lipinski definition) is 3. The van der Waals surface area contributed by atoms with Crippen LogP contribution < -0.4 is 5.32 Å². The van der Waals surface area contributed by atoms with E-state index in [1.807, 2.05) is 0 Å². The Balaban J connectivity index is 1.85. The summed E-state index contributed by atoms with van der Waals surface area (Å²) in [7, 11) is 0. The fraction of sp³-hybridized carbons (Fsp3) is 0.800. The summed E-state index contributed by atoms with van der Waals surface area (Å²) in [5.74, 6) is 2.03. The maximum atomic E-state index is 5.55. The molecule has 106 valence electrons. The maximum Gasteiger partial charge on any atom is 0.112 e. The van der Waals surface area contributed by atoms with Crippen molar-refractivity contribution in [1.29, 1.82) is 0 Å². The quantitative estimate of drug-likeness (QED) is 0.828. The highest BCUT2D eigenvalue weighted by molar-refractivity contribution is 5.22. The highest BCUT2D eigenvalue weighted by Gasteiger charge is 2.26. The molecule has 2 heterocycles. The van der Waals surface area contributed by atoms with E-state index in [0.717, 1.165) is 39.3 Å². The van der Waals surface area contributed by atoms with Gasteiger partial charge in [-0.05, 0) is 19.8 Å². The Labute approximate surface area is 115 Å². The molecule has 0 radical (unpaired) electrons. The van der Waals surface area contributed by atoms with E-state index >= 15 is 0 Å². The lowest BCUT2D eigenvalue weighted by atomic mass is 10.1. The van der Waals surface area contributed by atoms with Gasteiger partial charge in [-0.2, -0.15) is 0 Å². The molecule has 0 unspecified atom stereocenters. The second-order valence-electron chi connectivity index (χ2n) is 5.62. The second kappa shape index (κ2) is 6.06. The van der Waals surface area contributed by atoms with Gasteiger partial charge in [-0.15, -0.1) is 0 Å². The molecule has 0 spiro atoms. The summed E-state index contributed by atoms with van der Waals surface area (Å²) in [5.41, 5.74) is 2.74. The zero-order valence-electron chi connectivity index (χ0n) is 12.0. The van der Waals surface area contributed by atoms with Gasteiger partial charge in [-0.1, -0.05) is 12.8 Å². The summed E-state index contributed by atoms with van der Waals surface area (Å²) in [6.45, 7) is 6.67. The third-order valence-corrected chi connectivity index (χ3v) is 4.40. The first-order valence-corrected chi connectivity index (χ1v) is 7.76. The summed E-state index contributed by atoms with van der Waals surface area (Å²) in [4.78, 5) is 4.96. The van der Waals surface area contributed by atoms with E-state index in [0.29, 0.717) is 5.92 Å². The molecule has 19 heavy (non-hydrogen) atoms. The molecular formula is C15H25N3O. The Hall–Kier alpha value is -0.870. The first kappa shape index (κ1) is 13.1. The molecule has 1 fully saturated rings. The molecule has 0 aromatic carbocycles. The number of fused-ring (bicyclic) bond motifs is 1. The van der Waals surface area contributed by atoms with Crippen LogP contribution in [0.4, 0.5) is 0 Å². The zero-order chi connectivity index (χ0) is 13.1. The predicted octanol–water partition coefficient (Wildman–Crippen LogP) is 2.22. The van der Waals surface area contributed by atoms with Crippen LogP contribution in [0.25, 0.3) is 0 Å². The van der Waals surface area contributed by atoms with Crippen molar-refractivity contribution in [2.75, 3.05) is 19.8 Å². The average molecular weight is 263 g/mol. The van der Waals surface area contributed by atoms with Crippen LogP contribution in [0.2, 0.25) is 0 Å². The number of imidazole rings is 1. The van der Waals surface area contributed by atoms with Crippen molar-refractivity contribution in [3.05, 3.63) is 17.2 Å². The summed E-state index contributed by atoms with van der Waals surface area (Å²) in [6, 6.07) is 0. The van der Waals surface area contributed by atoms with Crippen molar-refractivity contribution < 1.29 is 4.74 Å². The Morgan fingerprint density at radius 2 is 2.21 bits per heavy atom. The Morgan fingerprint density at radius 3 is 3.00 bits per heavy atom. The molecule has 0 atom stereocenters. The van der Waals surface area contributed by atoms with E-state index < -0.39 is 0 Å². The second-order valence-corrected chi connectivity index (χ2v) is 5.62. The molecule has 1 aromatic heterocycles. The summed E-state index contributed by atoms with van der Waals surface area (Å²) < 4.78 is 8.03. The molecule has 1 aliphatic carbocycles. The van der Waals surface area contributed by atoms with Crippen molar-refractivity contribution in [2.45, 2.75) is 58.0 Å². The molecule has 1 aliphatic heterocycles. The van der Waals surface area contributed by atoms with E-state index in [2.05, 4.69) is 16.8 Å². The molecular weight excluding hydrogens is 238 g/mol. The van der Waals surface area contributed by atoms with Gasteiger partial charge < -0.3 is 14.6 Å². The van der Waals surface area contributed by atoms with Gasteiger partial charge in [0.25, 0.3) is 0 Å². The largest absolute Gasteiger partial charge is 0.380 e. The fourth-order valence-corrected chi connectivity index (χ4v) is 3.44. The van der Waals surface area contributed by atoms with Crippen molar-refractivity contribution in [1.82, 2.24) is 14.9 Å². The highest BCUT2D eigenvalue weighted by Crippen LogP contribution is 2.35. The van der Waals surface area contributed by atoms with Crippen LogP contribution in [0.1, 0.15) is 55.7 Å². The van der Waals surface area contributed by atoms with Gasteiger partial charge in [0.2, 0.25) is 0 Å². The SMILES string of the molecule is CCOCCn1c(C2CCCC2)nc2c1CCNC2. The summed E-state index contributed by atoms with van der Waals surface area (Å²) >= 11 is 0.